The molecular formula is C10H12O4. The minimum atomic E-state index is -0.930. The van der Waals surface area contributed by atoms with Crippen LogP contribution in [0.2, 0.25) is 0 Å². The zero-order chi connectivity index (χ0) is 10.7. The van der Waals surface area contributed by atoms with Gasteiger partial charge in [0.2, 0.25) is 0 Å². The summed E-state index contributed by atoms with van der Waals surface area (Å²) in [5.41, 5.74) is 0.451. The molecule has 1 aromatic carbocycles. The van der Waals surface area contributed by atoms with Gasteiger partial charge in [-0.1, -0.05) is 19.1 Å². The molecule has 1 unspecified atom stereocenters. The number of phenols is 2. The highest BCUT2D eigenvalue weighted by Crippen LogP contribution is 2.34. The number of hydrogen-bond donors (Lipinski definition) is 3. The van der Waals surface area contributed by atoms with Crippen molar-refractivity contribution in [2.45, 2.75) is 19.3 Å². The third kappa shape index (κ3) is 2.16. The lowest BCUT2D eigenvalue weighted by atomic mass is 9.97. The molecule has 0 aliphatic carbocycles. The second-order valence-electron chi connectivity index (χ2n) is 3.21. The Kier molecular flexibility index (Phi) is 2.96. The summed E-state index contributed by atoms with van der Waals surface area (Å²) in [6.07, 6.45) is -0.0724. The van der Waals surface area contributed by atoms with E-state index in [1.165, 1.54) is 6.07 Å². The van der Waals surface area contributed by atoms with E-state index in [-0.39, 0.29) is 23.8 Å². The van der Waals surface area contributed by atoms with Gasteiger partial charge in [-0.25, -0.2) is 0 Å². The lowest BCUT2D eigenvalue weighted by molar-refractivity contribution is -0.137. The fraction of sp³-hybridized carbons (Fsp3) is 0.300. The Morgan fingerprint density at radius 3 is 2.64 bits per heavy atom. The Balaban J connectivity index is 2.95. The zero-order valence-corrected chi connectivity index (χ0v) is 7.77. The highest BCUT2D eigenvalue weighted by Gasteiger charge is 2.15. The first-order valence-electron chi connectivity index (χ1n) is 4.25. The standard InChI is InChI=1S/C10H12O4/c1-6(5-9(12)13)7-3-2-4-8(11)10(7)14/h2-4,6,11,14H,5H2,1H3,(H,12,13). The van der Waals surface area contributed by atoms with E-state index in [1.807, 2.05) is 0 Å². The first-order chi connectivity index (χ1) is 6.52. The van der Waals surface area contributed by atoms with Crippen LogP contribution >= 0.6 is 0 Å². The first kappa shape index (κ1) is 10.4. The molecule has 0 saturated carbocycles. The summed E-state index contributed by atoms with van der Waals surface area (Å²) in [5, 5.41) is 27.2. The fourth-order valence-corrected chi connectivity index (χ4v) is 1.32. The van der Waals surface area contributed by atoms with E-state index in [2.05, 4.69) is 0 Å². The molecule has 14 heavy (non-hydrogen) atoms. The second kappa shape index (κ2) is 4.00. The molecule has 0 aliphatic rings. The average Bonchev–Trinajstić information content (AvgIpc) is 2.08. The molecular weight excluding hydrogens is 184 g/mol. The van der Waals surface area contributed by atoms with Crippen LogP contribution in [0, 0.1) is 0 Å². The molecule has 1 aromatic rings. The average molecular weight is 196 g/mol. The van der Waals surface area contributed by atoms with Gasteiger partial charge in [-0.15, -0.1) is 0 Å². The summed E-state index contributed by atoms with van der Waals surface area (Å²) in [4.78, 5) is 10.4. The molecule has 0 bridgehead atoms. The normalized spacial score (nSPS) is 12.4. The number of carboxylic acids is 1. The van der Waals surface area contributed by atoms with Crippen molar-refractivity contribution < 1.29 is 20.1 Å². The van der Waals surface area contributed by atoms with Gasteiger partial charge in [0.05, 0.1) is 6.42 Å². The number of phenolic OH excluding ortho intramolecular Hbond substituents is 2. The van der Waals surface area contributed by atoms with Crippen LogP contribution in [-0.2, 0) is 4.79 Å². The number of rotatable bonds is 3. The molecule has 4 heteroatoms. The predicted molar refractivity (Wildman–Crippen MR) is 50.4 cm³/mol. The van der Waals surface area contributed by atoms with Gasteiger partial charge in [0, 0.05) is 5.56 Å². The van der Waals surface area contributed by atoms with Crippen LogP contribution in [0.15, 0.2) is 18.2 Å². The summed E-state index contributed by atoms with van der Waals surface area (Å²) in [7, 11) is 0. The van der Waals surface area contributed by atoms with E-state index in [4.69, 9.17) is 5.11 Å². The molecule has 0 aliphatic heterocycles. The SMILES string of the molecule is CC(CC(=O)O)c1cccc(O)c1O. The van der Waals surface area contributed by atoms with Gasteiger partial charge < -0.3 is 15.3 Å². The molecule has 0 fully saturated rings. The lowest BCUT2D eigenvalue weighted by Gasteiger charge is -2.11. The van der Waals surface area contributed by atoms with Gasteiger partial charge in [-0.05, 0) is 12.0 Å². The van der Waals surface area contributed by atoms with Crippen LogP contribution in [0.4, 0.5) is 0 Å². The van der Waals surface area contributed by atoms with Crippen LogP contribution in [0.3, 0.4) is 0 Å². The van der Waals surface area contributed by atoms with Crippen LogP contribution in [0.1, 0.15) is 24.8 Å². The van der Waals surface area contributed by atoms with Crippen molar-refractivity contribution in [3.63, 3.8) is 0 Å². The third-order valence-corrected chi connectivity index (χ3v) is 2.06. The molecule has 0 amide bonds. The maximum atomic E-state index is 10.4. The van der Waals surface area contributed by atoms with Crippen molar-refractivity contribution in [3.05, 3.63) is 23.8 Å². The summed E-state index contributed by atoms with van der Waals surface area (Å²) in [5.74, 6) is -1.71. The van der Waals surface area contributed by atoms with Crippen LogP contribution < -0.4 is 0 Å². The van der Waals surface area contributed by atoms with Gasteiger partial charge >= 0.3 is 5.97 Å². The van der Waals surface area contributed by atoms with Gasteiger partial charge in [0.1, 0.15) is 0 Å². The molecule has 4 nitrogen and oxygen atoms in total. The maximum Gasteiger partial charge on any atom is 0.303 e. The van der Waals surface area contributed by atoms with Crippen molar-refractivity contribution >= 4 is 5.97 Å². The van der Waals surface area contributed by atoms with Gasteiger partial charge in [0.15, 0.2) is 11.5 Å². The zero-order valence-electron chi connectivity index (χ0n) is 7.77. The quantitative estimate of drug-likeness (QED) is 0.642. The minimum Gasteiger partial charge on any atom is -0.504 e. The van der Waals surface area contributed by atoms with Crippen molar-refractivity contribution in [1.82, 2.24) is 0 Å². The van der Waals surface area contributed by atoms with E-state index in [1.54, 1.807) is 19.1 Å². The number of para-hydroxylation sites is 1. The Morgan fingerprint density at radius 1 is 1.43 bits per heavy atom. The van der Waals surface area contributed by atoms with Crippen LogP contribution in [0.25, 0.3) is 0 Å². The molecule has 0 aromatic heterocycles. The molecule has 1 rings (SSSR count). The predicted octanol–water partition coefficient (Wildman–Crippen LogP) is 1.68. The number of aliphatic carboxylic acids is 1. The van der Waals surface area contributed by atoms with E-state index < -0.39 is 5.97 Å². The molecule has 1 atom stereocenters. The number of benzene rings is 1. The molecule has 0 radical (unpaired) electrons. The molecule has 0 spiro atoms. The van der Waals surface area contributed by atoms with E-state index >= 15 is 0 Å². The van der Waals surface area contributed by atoms with Crippen molar-refractivity contribution in [1.29, 1.82) is 0 Å². The van der Waals surface area contributed by atoms with Crippen molar-refractivity contribution in [3.8, 4) is 11.5 Å². The topological polar surface area (TPSA) is 77.8 Å². The monoisotopic (exact) mass is 196 g/mol. The maximum absolute atomic E-state index is 10.4. The summed E-state index contributed by atoms with van der Waals surface area (Å²) >= 11 is 0. The van der Waals surface area contributed by atoms with Gasteiger partial charge in [0.25, 0.3) is 0 Å². The van der Waals surface area contributed by atoms with E-state index in [0.29, 0.717) is 5.56 Å². The van der Waals surface area contributed by atoms with Gasteiger partial charge in [-0.2, -0.15) is 0 Å². The van der Waals surface area contributed by atoms with Gasteiger partial charge in [-0.3, -0.25) is 4.79 Å². The molecule has 0 saturated heterocycles. The number of carboxylic acid groups (broad SMARTS) is 1. The van der Waals surface area contributed by atoms with E-state index in [0.717, 1.165) is 0 Å². The fourth-order valence-electron chi connectivity index (χ4n) is 1.32. The summed E-state index contributed by atoms with van der Waals surface area (Å²) < 4.78 is 0. The highest BCUT2D eigenvalue weighted by atomic mass is 16.4. The number of hydrogen-bond acceptors (Lipinski definition) is 3. The smallest absolute Gasteiger partial charge is 0.303 e. The second-order valence-corrected chi connectivity index (χ2v) is 3.21. The summed E-state index contributed by atoms with van der Waals surface area (Å²) in [6, 6.07) is 4.53. The van der Waals surface area contributed by atoms with E-state index in [9.17, 15) is 15.0 Å². The number of aromatic hydroxyl groups is 2. The van der Waals surface area contributed by atoms with Crippen LogP contribution in [0.5, 0.6) is 11.5 Å². The summed E-state index contributed by atoms with van der Waals surface area (Å²) in [6.45, 7) is 1.68. The minimum absolute atomic E-state index is 0.0724. The lowest BCUT2D eigenvalue weighted by Crippen LogP contribution is -2.02. The Bertz CT molecular complexity index is 346. The Hall–Kier alpha value is -1.71. The van der Waals surface area contributed by atoms with Crippen molar-refractivity contribution in [2.75, 3.05) is 0 Å². The first-order valence-corrected chi connectivity index (χ1v) is 4.25. The Labute approximate surface area is 81.4 Å². The number of carbonyl (C=O) groups is 1. The molecule has 0 heterocycles. The third-order valence-electron chi connectivity index (χ3n) is 2.06. The highest BCUT2D eigenvalue weighted by molar-refractivity contribution is 5.68. The molecule has 76 valence electrons. The Morgan fingerprint density at radius 2 is 2.07 bits per heavy atom. The largest absolute Gasteiger partial charge is 0.504 e. The van der Waals surface area contributed by atoms with Crippen LogP contribution in [-0.4, -0.2) is 21.3 Å². The van der Waals surface area contributed by atoms with Crippen molar-refractivity contribution in [2.24, 2.45) is 0 Å². The molecule has 3 N–H and O–H groups in total.